The van der Waals surface area contributed by atoms with Gasteiger partial charge < -0.3 is 10.2 Å². The molecule has 0 bridgehead atoms. The van der Waals surface area contributed by atoms with E-state index in [9.17, 15) is 0 Å². The van der Waals surface area contributed by atoms with E-state index in [-0.39, 0.29) is 0 Å². The van der Waals surface area contributed by atoms with Crippen LogP contribution in [0, 0.1) is 0 Å². The second-order valence-corrected chi connectivity index (χ2v) is 5.94. The number of nitrogens with zero attached hydrogens (tertiary/aromatic N) is 5. The standard InChI is InChI=1S/C19H28N6/c1-4-6-7-11-24(3)19(21-5-2)22-13-17-9-8-10-18(12-17)14-25-16-20-15-23-25/h4,8-10,12,15-16H,1,5-7,11,13-14H2,2-3H3,(H,21,22). The lowest BCUT2D eigenvalue weighted by Crippen LogP contribution is -2.39. The largest absolute Gasteiger partial charge is 0.357 e. The Balaban J connectivity index is 1.99. The Morgan fingerprint density at radius 3 is 2.96 bits per heavy atom. The first-order valence-corrected chi connectivity index (χ1v) is 8.73. The molecule has 134 valence electrons. The topological polar surface area (TPSA) is 58.3 Å². The molecule has 2 aromatic rings. The molecular weight excluding hydrogens is 312 g/mol. The van der Waals surface area contributed by atoms with Crippen LogP contribution < -0.4 is 5.32 Å². The van der Waals surface area contributed by atoms with E-state index in [1.807, 2.05) is 10.8 Å². The normalized spacial score (nSPS) is 11.4. The minimum Gasteiger partial charge on any atom is -0.357 e. The highest BCUT2D eigenvalue weighted by Gasteiger charge is 2.05. The summed E-state index contributed by atoms with van der Waals surface area (Å²) in [6, 6.07) is 8.45. The number of rotatable bonds is 9. The highest BCUT2D eigenvalue weighted by molar-refractivity contribution is 5.79. The Morgan fingerprint density at radius 2 is 2.24 bits per heavy atom. The number of aliphatic imine (C=N–C) groups is 1. The summed E-state index contributed by atoms with van der Waals surface area (Å²) < 4.78 is 1.82. The van der Waals surface area contributed by atoms with E-state index in [2.05, 4.69) is 65.1 Å². The maximum absolute atomic E-state index is 4.77. The summed E-state index contributed by atoms with van der Waals surface area (Å²) in [5.74, 6) is 0.938. The fourth-order valence-electron chi connectivity index (χ4n) is 2.54. The van der Waals surface area contributed by atoms with Gasteiger partial charge in [0.25, 0.3) is 0 Å². The fraction of sp³-hybridized carbons (Fsp3) is 0.421. The lowest BCUT2D eigenvalue weighted by Gasteiger charge is -2.21. The predicted molar refractivity (Wildman–Crippen MR) is 102 cm³/mol. The van der Waals surface area contributed by atoms with Crippen LogP contribution in [-0.2, 0) is 13.1 Å². The molecule has 1 aromatic carbocycles. The van der Waals surface area contributed by atoms with Crippen LogP contribution >= 0.6 is 0 Å². The van der Waals surface area contributed by atoms with Crippen LogP contribution in [0.25, 0.3) is 0 Å². The molecule has 1 N–H and O–H groups in total. The van der Waals surface area contributed by atoms with E-state index in [0.29, 0.717) is 6.54 Å². The second kappa shape index (κ2) is 10.3. The summed E-state index contributed by atoms with van der Waals surface area (Å²) in [6.45, 7) is 9.06. The first-order chi connectivity index (χ1) is 12.2. The van der Waals surface area contributed by atoms with Crippen molar-refractivity contribution in [3.8, 4) is 0 Å². The van der Waals surface area contributed by atoms with E-state index in [1.54, 1.807) is 12.7 Å². The smallest absolute Gasteiger partial charge is 0.193 e. The molecular formula is C19H28N6. The minimum atomic E-state index is 0.652. The maximum Gasteiger partial charge on any atom is 0.193 e. The zero-order chi connectivity index (χ0) is 17.9. The van der Waals surface area contributed by atoms with Gasteiger partial charge in [-0.3, -0.25) is 0 Å². The molecule has 6 nitrogen and oxygen atoms in total. The van der Waals surface area contributed by atoms with E-state index in [0.717, 1.165) is 38.4 Å². The van der Waals surface area contributed by atoms with Gasteiger partial charge in [-0.2, -0.15) is 5.10 Å². The molecule has 0 radical (unpaired) electrons. The number of guanidine groups is 1. The average molecular weight is 340 g/mol. The van der Waals surface area contributed by atoms with Crippen molar-refractivity contribution >= 4 is 5.96 Å². The summed E-state index contributed by atoms with van der Waals surface area (Å²) in [6.07, 6.45) is 7.34. The van der Waals surface area contributed by atoms with Crippen LogP contribution in [0.2, 0.25) is 0 Å². The zero-order valence-electron chi connectivity index (χ0n) is 15.2. The van der Waals surface area contributed by atoms with Gasteiger partial charge in [-0.15, -0.1) is 6.58 Å². The van der Waals surface area contributed by atoms with E-state index >= 15 is 0 Å². The van der Waals surface area contributed by atoms with Crippen molar-refractivity contribution in [2.24, 2.45) is 4.99 Å². The number of allylic oxidation sites excluding steroid dienone is 1. The first-order valence-electron chi connectivity index (χ1n) is 8.73. The second-order valence-electron chi connectivity index (χ2n) is 5.94. The molecule has 0 aliphatic rings. The highest BCUT2D eigenvalue weighted by atomic mass is 15.3. The van der Waals surface area contributed by atoms with Gasteiger partial charge in [0, 0.05) is 20.1 Å². The van der Waals surface area contributed by atoms with Crippen molar-refractivity contribution in [2.75, 3.05) is 20.1 Å². The molecule has 0 aliphatic carbocycles. The van der Waals surface area contributed by atoms with Gasteiger partial charge in [0.1, 0.15) is 12.7 Å². The van der Waals surface area contributed by atoms with E-state index in [1.165, 1.54) is 11.1 Å². The lowest BCUT2D eigenvalue weighted by molar-refractivity contribution is 0.470. The highest BCUT2D eigenvalue weighted by Crippen LogP contribution is 2.08. The van der Waals surface area contributed by atoms with Gasteiger partial charge in [0.05, 0.1) is 13.1 Å². The third-order valence-electron chi connectivity index (χ3n) is 3.81. The van der Waals surface area contributed by atoms with Crippen LogP contribution in [0.4, 0.5) is 0 Å². The van der Waals surface area contributed by atoms with Crippen molar-refractivity contribution in [1.29, 1.82) is 0 Å². The Labute approximate surface area is 150 Å². The molecule has 0 amide bonds. The molecule has 6 heteroatoms. The van der Waals surface area contributed by atoms with E-state index in [4.69, 9.17) is 4.99 Å². The summed E-state index contributed by atoms with van der Waals surface area (Å²) in [7, 11) is 2.08. The minimum absolute atomic E-state index is 0.652. The Kier molecular flexibility index (Phi) is 7.69. The maximum atomic E-state index is 4.77. The van der Waals surface area contributed by atoms with Gasteiger partial charge >= 0.3 is 0 Å². The summed E-state index contributed by atoms with van der Waals surface area (Å²) in [5.41, 5.74) is 2.38. The molecule has 0 fully saturated rings. The van der Waals surface area contributed by atoms with Crippen LogP contribution in [-0.4, -0.2) is 45.8 Å². The molecule has 0 spiro atoms. The predicted octanol–water partition coefficient (Wildman–Crippen LogP) is 2.69. The zero-order valence-corrected chi connectivity index (χ0v) is 15.2. The molecule has 0 aliphatic heterocycles. The van der Waals surface area contributed by atoms with Gasteiger partial charge in [-0.05, 0) is 30.9 Å². The van der Waals surface area contributed by atoms with Crippen molar-refractivity contribution < 1.29 is 0 Å². The number of hydrogen-bond donors (Lipinski definition) is 1. The molecule has 0 unspecified atom stereocenters. The first kappa shape index (κ1) is 18.7. The third-order valence-corrected chi connectivity index (χ3v) is 3.81. The van der Waals surface area contributed by atoms with Gasteiger partial charge in [-0.25, -0.2) is 14.7 Å². The van der Waals surface area contributed by atoms with Crippen molar-refractivity contribution in [3.05, 3.63) is 60.7 Å². The summed E-state index contributed by atoms with van der Waals surface area (Å²) in [4.78, 5) is 10.9. The molecule has 0 saturated carbocycles. The van der Waals surface area contributed by atoms with Crippen LogP contribution in [0.5, 0.6) is 0 Å². The SMILES string of the molecule is C=CCCCN(C)C(=NCc1cccc(Cn2cncn2)c1)NCC. The summed E-state index contributed by atoms with van der Waals surface area (Å²) >= 11 is 0. The number of nitrogens with one attached hydrogen (secondary N) is 1. The third kappa shape index (κ3) is 6.41. The van der Waals surface area contributed by atoms with Crippen molar-refractivity contribution in [3.63, 3.8) is 0 Å². The number of aromatic nitrogens is 3. The molecule has 0 atom stereocenters. The Hall–Kier alpha value is -2.63. The number of benzene rings is 1. The molecule has 1 heterocycles. The fourth-order valence-corrected chi connectivity index (χ4v) is 2.54. The molecule has 0 saturated heterocycles. The Morgan fingerprint density at radius 1 is 1.40 bits per heavy atom. The van der Waals surface area contributed by atoms with Crippen molar-refractivity contribution in [2.45, 2.75) is 32.9 Å². The van der Waals surface area contributed by atoms with Crippen molar-refractivity contribution in [1.82, 2.24) is 25.0 Å². The van der Waals surface area contributed by atoms with Gasteiger partial charge in [0.2, 0.25) is 0 Å². The van der Waals surface area contributed by atoms with Gasteiger partial charge in [-0.1, -0.05) is 30.3 Å². The number of unbranched alkanes of at least 4 members (excludes halogenated alkanes) is 1. The van der Waals surface area contributed by atoms with Crippen LogP contribution in [0.1, 0.15) is 30.9 Å². The monoisotopic (exact) mass is 340 g/mol. The molecule has 2 rings (SSSR count). The Bertz CT molecular complexity index is 662. The lowest BCUT2D eigenvalue weighted by atomic mass is 10.1. The molecule has 25 heavy (non-hydrogen) atoms. The van der Waals surface area contributed by atoms with Gasteiger partial charge in [0.15, 0.2) is 5.96 Å². The quantitative estimate of drug-likeness (QED) is 0.330. The van der Waals surface area contributed by atoms with Crippen LogP contribution in [0.3, 0.4) is 0 Å². The molecule has 1 aromatic heterocycles. The van der Waals surface area contributed by atoms with E-state index < -0.39 is 0 Å². The average Bonchev–Trinajstić information content (AvgIpc) is 3.12. The summed E-state index contributed by atoms with van der Waals surface area (Å²) in [5, 5.41) is 7.51. The van der Waals surface area contributed by atoms with Crippen LogP contribution in [0.15, 0.2) is 54.6 Å². The number of hydrogen-bond acceptors (Lipinski definition) is 3.